The first-order valence-corrected chi connectivity index (χ1v) is 4.57. The minimum Gasteiger partial charge on any atom is -0.409 e. The Labute approximate surface area is 76.8 Å². The third-order valence-electron chi connectivity index (χ3n) is 3.07. The normalized spacial score (nSPS) is 40.1. The van der Waals surface area contributed by atoms with Crippen molar-refractivity contribution >= 4 is 5.84 Å². The summed E-state index contributed by atoms with van der Waals surface area (Å²) >= 11 is 0. The Kier molecular flexibility index (Phi) is 2.13. The van der Waals surface area contributed by atoms with Gasteiger partial charge in [0, 0.05) is 13.1 Å². The number of fused-ring (bicyclic) bond motifs is 2. The monoisotopic (exact) mass is 185 g/mol. The average molecular weight is 185 g/mol. The maximum absolute atomic E-state index is 9.50. The Morgan fingerprint density at radius 2 is 2.08 bits per heavy atom. The summed E-state index contributed by atoms with van der Waals surface area (Å²) in [5.74, 6) is 1.06. The fraction of sp³-hybridized carbons (Fsp3) is 0.875. The molecule has 4 N–H and O–H groups in total. The Morgan fingerprint density at radius 1 is 1.46 bits per heavy atom. The topological polar surface area (TPSA) is 82.1 Å². The van der Waals surface area contributed by atoms with Crippen LogP contribution in [-0.4, -0.2) is 46.8 Å². The number of aliphatic hydroxyl groups is 1. The van der Waals surface area contributed by atoms with E-state index in [0.717, 1.165) is 19.5 Å². The number of piperidine rings is 2. The largest absolute Gasteiger partial charge is 0.409 e. The summed E-state index contributed by atoms with van der Waals surface area (Å²) in [5, 5.41) is 20.8. The lowest BCUT2D eigenvalue weighted by atomic mass is 9.68. The third kappa shape index (κ3) is 1.49. The van der Waals surface area contributed by atoms with Gasteiger partial charge in [0.2, 0.25) is 0 Å². The van der Waals surface area contributed by atoms with Crippen LogP contribution in [0.15, 0.2) is 5.16 Å². The number of nitrogens with zero attached hydrogens (tertiary/aromatic N) is 2. The highest BCUT2D eigenvalue weighted by Crippen LogP contribution is 2.39. The summed E-state index contributed by atoms with van der Waals surface area (Å²) in [6.45, 7) is 2.25. The van der Waals surface area contributed by atoms with Crippen LogP contribution in [0.2, 0.25) is 0 Å². The second kappa shape index (κ2) is 3.16. The molecule has 2 aliphatic heterocycles. The van der Waals surface area contributed by atoms with Crippen LogP contribution in [0.25, 0.3) is 0 Å². The van der Waals surface area contributed by atoms with Crippen molar-refractivity contribution in [2.75, 3.05) is 19.6 Å². The lowest BCUT2D eigenvalue weighted by Gasteiger charge is -2.51. The maximum Gasteiger partial charge on any atom is 0.153 e. The first-order valence-electron chi connectivity index (χ1n) is 4.57. The van der Waals surface area contributed by atoms with Gasteiger partial charge in [-0.2, -0.15) is 0 Å². The molecule has 0 aromatic heterocycles. The van der Waals surface area contributed by atoms with Crippen LogP contribution in [0.4, 0.5) is 0 Å². The minimum atomic E-state index is -0.108. The second-order valence-corrected chi connectivity index (χ2v) is 4.03. The quantitative estimate of drug-likeness (QED) is 0.224. The van der Waals surface area contributed by atoms with E-state index >= 15 is 0 Å². The molecule has 5 nitrogen and oxygen atoms in total. The van der Waals surface area contributed by atoms with Crippen LogP contribution < -0.4 is 5.73 Å². The van der Waals surface area contributed by atoms with E-state index < -0.39 is 0 Å². The molecule has 1 aliphatic carbocycles. The number of nitrogens with two attached hydrogens (primary N) is 1. The van der Waals surface area contributed by atoms with Gasteiger partial charge in [-0.05, 0) is 18.3 Å². The lowest BCUT2D eigenvalue weighted by molar-refractivity contribution is -0.103. The molecule has 1 saturated carbocycles. The predicted octanol–water partition coefficient (Wildman–Crippen LogP) is -0.955. The van der Waals surface area contributed by atoms with Crippen LogP contribution in [0.5, 0.6) is 0 Å². The molecule has 1 unspecified atom stereocenters. The van der Waals surface area contributed by atoms with Gasteiger partial charge < -0.3 is 16.0 Å². The molecule has 0 aromatic rings. The van der Waals surface area contributed by atoms with Crippen LogP contribution in [0.1, 0.15) is 6.42 Å². The van der Waals surface area contributed by atoms with Gasteiger partial charge in [0.05, 0.1) is 12.6 Å². The van der Waals surface area contributed by atoms with E-state index in [1.54, 1.807) is 0 Å². The molecular weight excluding hydrogens is 170 g/mol. The van der Waals surface area contributed by atoms with Crippen molar-refractivity contribution in [1.82, 2.24) is 4.90 Å². The number of oxime groups is 1. The Bertz CT molecular complexity index is 219. The van der Waals surface area contributed by atoms with Crippen LogP contribution in [0, 0.1) is 11.8 Å². The number of amidine groups is 1. The second-order valence-electron chi connectivity index (χ2n) is 4.03. The highest BCUT2D eigenvalue weighted by Gasteiger charge is 2.45. The molecule has 2 saturated heterocycles. The minimum absolute atomic E-state index is 0.108. The van der Waals surface area contributed by atoms with Crippen molar-refractivity contribution in [2.24, 2.45) is 22.7 Å². The van der Waals surface area contributed by atoms with Crippen LogP contribution in [0.3, 0.4) is 0 Å². The molecule has 3 rings (SSSR count). The van der Waals surface area contributed by atoms with E-state index in [2.05, 4.69) is 10.1 Å². The van der Waals surface area contributed by atoms with Gasteiger partial charge in [0.15, 0.2) is 5.84 Å². The third-order valence-corrected chi connectivity index (χ3v) is 3.07. The molecule has 0 aromatic carbocycles. The smallest absolute Gasteiger partial charge is 0.153 e. The van der Waals surface area contributed by atoms with E-state index in [9.17, 15) is 5.11 Å². The van der Waals surface area contributed by atoms with Crippen LogP contribution >= 0.6 is 0 Å². The van der Waals surface area contributed by atoms with E-state index in [1.165, 1.54) is 0 Å². The summed E-state index contributed by atoms with van der Waals surface area (Å²) in [6, 6.07) is 0. The molecule has 13 heavy (non-hydrogen) atoms. The van der Waals surface area contributed by atoms with Gasteiger partial charge >= 0.3 is 0 Å². The average Bonchev–Trinajstić information content (AvgIpc) is 2.17. The fourth-order valence-electron chi connectivity index (χ4n) is 2.35. The molecule has 0 amide bonds. The first-order chi connectivity index (χ1) is 6.20. The molecule has 74 valence electrons. The maximum atomic E-state index is 9.50. The molecule has 3 atom stereocenters. The summed E-state index contributed by atoms with van der Waals surface area (Å²) in [7, 11) is 0. The predicted molar refractivity (Wildman–Crippen MR) is 47.5 cm³/mol. The zero-order valence-electron chi connectivity index (χ0n) is 7.43. The zero-order chi connectivity index (χ0) is 9.42. The zero-order valence-corrected chi connectivity index (χ0v) is 7.43. The van der Waals surface area contributed by atoms with Crippen LogP contribution in [-0.2, 0) is 0 Å². The summed E-state index contributed by atoms with van der Waals surface area (Å²) in [4.78, 5) is 2.13. The van der Waals surface area contributed by atoms with E-state index in [-0.39, 0.29) is 11.9 Å². The highest BCUT2D eigenvalue weighted by molar-refractivity contribution is 5.81. The molecule has 3 fully saturated rings. The Morgan fingerprint density at radius 3 is 2.54 bits per heavy atom. The fourth-order valence-corrected chi connectivity index (χ4v) is 2.35. The highest BCUT2D eigenvalue weighted by atomic mass is 16.4. The molecule has 5 heteroatoms. The molecule has 2 bridgehead atoms. The summed E-state index contributed by atoms with van der Waals surface area (Å²) < 4.78 is 0. The van der Waals surface area contributed by atoms with Crippen molar-refractivity contribution in [2.45, 2.75) is 12.5 Å². The van der Waals surface area contributed by atoms with Gasteiger partial charge in [-0.15, -0.1) is 0 Å². The van der Waals surface area contributed by atoms with Crippen molar-refractivity contribution < 1.29 is 10.3 Å². The molecule has 3 aliphatic rings. The number of hydrogen-bond donors (Lipinski definition) is 3. The van der Waals surface area contributed by atoms with Gasteiger partial charge in [-0.3, -0.25) is 4.90 Å². The van der Waals surface area contributed by atoms with Gasteiger partial charge in [0.1, 0.15) is 0 Å². The van der Waals surface area contributed by atoms with E-state index in [4.69, 9.17) is 10.9 Å². The lowest BCUT2D eigenvalue weighted by Crippen LogP contribution is -2.59. The standard InChI is InChI=1S/C8H15N3O2/c9-7(10-13)4-11-2-5-1-6(3-11)8(5)12/h5-6,8,12-13H,1-4H2,(H2,9,10)/t5-,6+,8?. The first kappa shape index (κ1) is 8.77. The van der Waals surface area contributed by atoms with Crippen molar-refractivity contribution in [3.05, 3.63) is 0 Å². The van der Waals surface area contributed by atoms with Crippen molar-refractivity contribution in [1.29, 1.82) is 0 Å². The Hall–Kier alpha value is -0.810. The Balaban J connectivity index is 1.85. The van der Waals surface area contributed by atoms with E-state index in [0.29, 0.717) is 18.4 Å². The van der Waals surface area contributed by atoms with Gasteiger partial charge in [0.25, 0.3) is 0 Å². The van der Waals surface area contributed by atoms with Crippen molar-refractivity contribution in [3.63, 3.8) is 0 Å². The van der Waals surface area contributed by atoms with E-state index in [1.807, 2.05) is 0 Å². The summed E-state index contributed by atoms with van der Waals surface area (Å²) in [5.41, 5.74) is 5.39. The molecular formula is C8H15N3O2. The molecule has 0 radical (unpaired) electrons. The van der Waals surface area contributed by atoms with Gasteiger partial charge in [-0.1, -0.05) is 5.16 Å². The van der Waals surface area contributed by atoms with Gasteiger partial charge in [-0.25, -0.2) is 0 Å². The number of rotatable bonds is 2. The SMILES string of the molecule is NC(CN1C[C@H]2C[C@@H](C1)C2O)=NO. The van der Waals surface area contributed by atoms with Crippen molar-refractivity contribution in [3.8, 4) is 0 Å². The molecule has 2 heterocycles. The summed E-state index contributed by atoms with van der Waals surface area (Å²) in [6.07, 6.45) is 1.02. The number of hydrogen-bond acceptors (Lipinski definition) is 4. The number of aliphatic hydroxyl groups excluding tert-OH is 1. The molecule has 0 spiro atoms.